The Morgan fingerprint density at radius 2 is 2.00 bits per heavy atom. The fraction of sp³-hybridized carbons (Fsp3) is 0.458. The quantitative estimate of drug-likeness (QED) is 0.482. The van der Waals surface area contributed by atoms with Gasteiger partial charge in [-0.2, -0.15) is 0 Å². The van der Waals surface area contributed by atoms with Crippen molar-refractivity contribution in [2.45, 2.75) is 60.3 Å². The summed E-state index contributed by atoms with van der Waals surface area (Å²) >= 11 is 3.16. The van der Waals surface area contributed by atoms with Crippen molar-refractivity contribution in [1.82, 2.24) is 9.97 Å². The largest absolute Gasteiger partial charge is 0.478 e. The minimum absolute atomic E-state index is 0.0715. The summed E-state index contributed by atoms with van der Waals surface area (Å²) in [5.41, 5.74) is 1.85. The molecule has 2 N–H and O–H groups in total. The molecule has 2 aromatic heterocycles. The van der Waals surface area contributed by atoms with Gasteiger partial charge in [-0.1, -0.05) is 72.4 Å². The van der Waals surface area contributed by atoms with Crippen molar-refractivity contribution in [3.8, 4) is 0 Å². The first-order valence-electron chi connectivity index (χ1n) is 10.4. The smallest absolute Gasteiger partial charge is 0.339 e. The third-order valence-corrected chi connectivity index (χ3v) is 6.70. The Labute approximate surface area is 193 Å². The summed E-state index contributed by atoms with van der Waals surface area (Å²) in [6.45, 7) is 15.1. The van der Waals surface area contributed by atoms with Crippen LogP contribution in [0.4, 0.5) is 10.9 Å². The Bertz CT molecular complexity index is 1040. The molecule has 0 spiro atoms. The van der Waals surface area contributed by atoms with E-state index in [-0.39, 0.29) is 16.4 Å². The SMILES string of the molecule is CC(C)Cc1sc(Nc2ncc(C3=CC(C)(C)C=CS3)cc2C(=O)O)nc1C(C)(C)C. The van der Waals surface area contributed by atoms with Gasteiger partial charge in [0.15, 0.2) is 5.13 Å². The molecule has 7 heteroatoms. The van der Waals surface area contributed by atoms with Crippen molar-refractivity contribution in [2.75, 3.05) is 5.32 Å². The first-order valence-corrected chi connectivity index (χ1v) is 12.1. The lowest BCUT2D eigenvalue weighted by Gasteiger charge is -2.21. The number of thiazole rings is 1. The van der Waals surface area contributed by atoms with Crippen molar-refractivity contribution >= 4 is 44.9 Å². The summed E-state index contributed by atoms with van der Waals surface area (Å²) < 4.78 is 0. The van der Waals surface area contributed by atoms with Crippen molar-refractivity contribution in [1.29, 1.82) is 0 Å². The van der Waals surface area contributed by atoms with Crippen LogP contribution in [0.15, 0.2) is 29.8 Å². The highest BCUT2D eigenvalue weighted by Crippen LogP contribution is 2.40. The fourth-order valence-electron chi connectivity index (χ4n) is 3.32. The molecule has 0 saturated heterocycles. The van der Waals surface area contributed by atoms with Crippen LogP contribution in [0.1, 0.15) is 75.0 Å². The van der Waals surface area contributed by atoms with Crippen LogP contribution in [0.2, 0.25) is 0 Å². The average Bonchev–Trinajstić information content (AvgIpc) is 3.03. The molecule has 5 nitrogen and oxygen atoms in total. The predicted molar refractivity (Wildman–Crippen MR) is 132 cm³/mol. The average molecular weight is 458 g/mol. The maximum Gasteiger partial charge on any atom is 0.339 e. The Balaban J connectivity index is 1.96. The van der Waals surface area contributed by atoms with E-state index in [1.165, 1.54) is 4.88 Å². The zero-order valence-corrected chi connectivity index (χ0v) is 20.9. The van der Waals surface area contributed by atoms with Gasteiger partial charge < -0.3 is 10.4 Å². The minimum atomic E-state index is -1.01. The normalized spacial score (nSPS) is 15.8. The standard InChI is InChI=1S/C24H31N3O2S2/c1-14(2)10-17-19(23(3,4)5)26-22(31-17)27-20-16(21(28)29)11-15(13-25-20)18-12-24(6,7)8-9-30-18/h8-9,11-14H,10H2,1-7H3,(H,28,29)(H,25,26,27). The first-order chi connectivity index (χ1) is 14.4. The maximum atomic E-state index is 12.0. The Hall–Kier alpha value is -2.12. The van der Waals surface area contributed by atoms with Crippen LogP contribution < -0.4 is 5.32 Å². The van der Waals surface area contributed by atoms with Crippen molar-refractivity contribution in [3.63, 3.8) is 0 Å². The van der Waals surface area contributed by atoms with Crippen molar-refractivity contribution < 1.29 is 9.90 Å². The number of allylic oxidation sites excluding steroid dienone is 2. The number of thioether (sulfide) groups is 1. The van der Waals surface area contributed by atoms with Crippen LogP contribution in [-0.4, -0.2) is 21.0 Å². The number of hydrogen-bond acceptors (Lipinski definition) is 6. The molecule has 166 valence electrons. The molecule has 0 aliphatic carbocycles. The van der Waals surface area contributed by atoms with E-state index >= 15 is 0 Å². The summed E-state index contributed by atoms with van der Waals surface area (Å²) in [6, 6.07) is 1.69. The topological polar surface area (TPSA) is 75.1 Å². The summed E-state index contributed by atoms with van der Waals surface area (Å²) in [5, 5.41) is 15.7. The zero-order valence-electron chi connectivity index (χ0n) is 19.2. The van der Waals surface area contributed by atoms with Gasteiger partial charge in [0.05, 0.1) is 5.69 Å². The van der Waals surface area contributed by atoms with E-state index < -0.39 is 5.97 Å². The van der Waals surface area contributed by atoms with Gasteiger partial charge in [-0.25, -0.2) is 14.8 Å². The molecule has 3 rings (SSSR count). The van der Waals surface area contributed by atoms with E-state index in [9.17, 15) is 9.90 Å². The van der Waals surface area contributed by atoms with E-state index in [1.54, 1.807) is 35.4 Å². The Kier molecular flexibility index (Phi) is 6.67. The molecular weight excluding hydrogens is 426 g/mol. The van der Waals surface area contributed by atoms with Gasteiger partial charge in [-0.3, -0.25) is 0 Å². The van der Waals surface area contributed by atoms with Crippen LogP contribution >= 0.6 is 23.1 Å². The number of hydrogen-bond donors (Lipinski definition) is 2. The predicted octanol–water partition coefficient (Wildman–Crippen LogP) is 7.10. The van der Waals surface area contributed by atoms with Crippen LogP contribution in [0.25, 0.3) is 4.91 Å². The van der Waals surface area contributed by atoms with Gasteiger partial charge in [0, 0.05) is 32.4 Å². The molecule has 0 bridgehead atoms. The number of aromatic carboxylic acids is 1. The second kappa shape index (κ2) is 8.79. The number of aromatic nitrogens is 2. The molecule has 1 aliphatic heterocycles. The molecule has 0 radical (unpaired) electrons. The number of anilines is 2. The van der Waals surface area contributed by atoms with Crippen LogP contribution in [-0.2, 0) is 11.8 Å². The lowest BCUT2D eigenvalue weighted by Crippen LogP contribution is -2.15. The molecule has 0 fully saturated rings. The number of nitrogens with zero attached hydrogens (tertiary/aromatic N) is 2. The molecule has 1 aliphatic rings. The third-order valence-electron chi connectivity index (χ3n) is 4.83. The van der Waals surface area contributed by atoms with E-state index in [0.717, 1.165) is 22.6 Å². The number of pyridine rings is 1. The van der Waals surface area contributed by atoms with Crippen molar-refractivity contribution in [3.05, 3.63) is 51.5 Å². The summed E-state index contributed by atoms with van der Waals surface area (Å²) in [4.78, 5) is 23.5. The lowest BCUT2D eigenvalue weighted by molar-refractivity contribution is 0.0697. The summed E-state index contributed by atoms with van der Waals surface area (Å²) in [6.07, 6.45) is 6.95. The molecule has 0 aromatic carbocycles. The minimum Gasteiger partial charge on any atom is -0.478 e. The molecule has 3 heterocycles. The zero-order chi connectivity index (χ0) is 23.0. The molecule has 0 atom stereocenters. The van der Waals surface area contributed by atoms with Crippen LogP contribution in [0, 0.1) is 11.3 Å². The van der Waals surface area contributed by atoms with Gasteiger partial charge >= 0.3 is 5.97 Å². The molecule has 0 saturated carbocycles. The number of carboxylic acids is 1. The van der Waals surface area contributed by atoms with Gasteiger partial charge in [0.25, 0.3) is 0 Å². The monoisotopic (exact) mass is 457 g/mol. The maximum absolute atomic E-state index is 12.0. The number of carbonyl (C=O) groups is 1. The highest BCUT2D eigenvalue weighted by molar-refractivity contribution is 8.11. The lowest BCUT2D eigenvalue weighted by atomic mass is 9.90. The van der Waals surface area contributed by atoms with Gasteiger partial charge in [0.2, 0.25) is 0 Å². The second-order valence-corrected chi connectivity index (χ2v) is 12.0. The van der Waals surface area contributed by atoms with E-state index in [0.29, 0.717) is 16.9 Å². The van der Waals surface area contributed by atoms with E-state index in [1.807, 2.05) is 5.41 Å². The van der Waals surface area contributed by atoms with Crippen LogP contribution in [0.5, 0.6) is 0 Å². The molecule has 0 unspecified atom stereocenters. The second-order valence-electron chi connectivity index (χ2n) is 9.94. The van der Waals surface area contributed by atoms with Gasteiger partial charge in [-0.05, 0) is 23.8 Å². The van der Waals surface area contributed by atoms with E-state index in [4.69, 9.17) is 4.98 Å². The molecule has 31 heavy (non-hydrogen) atoms. The molecular formula is C24H31N3O2S2. The number of carboxylic acid groups (broad SMARTS) is 1. The third kappa shape index (κ3) is 5.77. The fourth-order valence-corrected chi connectivity index (χ4v) is 5.89. The van der Waals surface area contributed by atoms with Crippen molar-refractivity contribution in [2.24, 2.45) is 11.3 Å². The number of rotatable bonds is 6. The van der Waals surface area contributed by atoms with Gasteiger partial charge in [-0.15, -0.1) is 11.3 Å². The Morgan fingerprint density at radius 1 is 1.29 bits per heavy atom. The molecule has 0 amide bonds. The molecule has 2 aromatic rings. The first kappa shape index (κ1) is 23.5. The van der Waals surface area contributed by atoms with Gasteiger partial charge in [0.1, 0.15) is 11.4 Å². The summed E-state index contributed by atoms with van der Waals surface area (Å²) in [7, 11) is 0. The van der Waals surface area contributed by atoms with Crippen LogP contribution in [0.3, 0.4) is 0 Å². The number of nitrogens with one attached hydrogen (secondary N) is 1. The summed E-state index contributed by atoms with van der Waals surface area (Å²) in [5.74, 6) is -0.179. The van der Waals surface area contributed by atoms with E-state index in [2.05, 4.69) is 70.9 Å². The Morgan fingerprint density at radius 3 is 2.58 bits per heavy atom. The highest BCUT2D eigenvalue weighted by Gasteiger charge is 2.25. The highest BCUT2D eigenvalue weighted by atomic mass is 32.2.